The summed E-state index contributed by atoms with van der Waals surface area (Å²) in [5.74, 6) is 0.300. The summed E-state index contributed by atoms with van der Waals surface area (Å²) in [5, 5.41) is 0. The molecular formula is C15H25NO4. The van der Waals surface area contributed by atoms with Crippen LogP contribution in [0.3, 0.4) is 0 Å². The first-order valence-corrected chi connectivity index (χ1v) is 7.61. The van der Waals surface area contributed by atoms with Gasteiger partial charge in [-0.15, -0.1) is 0 Å². The largest absolute Gasteiger partial charge is 0.469 e. The van der Waals surface area contributed by atoms with E-state index in [0.717, 1.165) is 38.8 Å². The number of carbonyl (C=O) groups excluding carboxylic acids is 2. The summed E-state index contributed by atoms with van der Waals surface area (Å²) in [7, 11) is 1.41. The molecule has 0 bridgehead atoms. The normalized spacial score (nSPS) is 29.7. The lowest BCUT2D eigenvalue weighted by molar-refractivity contribution is -0.149. The number of rotatable bonds is 5. The van der Waals surface area contributed by atoms with Crippen LogP contribution in [0.5, 0.6) is 0 Å². The molecule has 1 atom stereocenters. The van der Waals surface area contributed by atoms with E-state index in [9.17, 15) is 9.59 Å². The molecule has 0 aromatic heterocycles. The number of carbonyl (C=O) groups is 2. The van der Waals surface area contributed by atoms with Gasteiger partial charge in [0.1, 0.15) is 0 Å². The summed E-state index contributed by atoms with van der Waals surface area (Å²) >= 11 is 0. The molecule has 1 saturated carbocycles. The van der Waals surface area contributed by atoms with Crippen LogP contribution in [0.1, 0.15) is 39.0 Å². The number of hydrogen-bond acceptors (Lipinski definition) is 4. The van der Waals surface area contributed by atoms with Gasteiger partial charge >= 0.3 is 5.97 Å². The van der Waals surface area contributed by atoms with Gasteiger partial charge in [-0.1, -0.05) is 0 Å². The first kappa shape index (κ1) is 15.3. The summed E-state index contributed by atoms with van der Waals surface area (Å²) in [6, 6.07) is 0. The minimum atomic E-state index is -0.192. The third-order valence-electron chi connectivity index (χ3n) is 4.37. The number of hydrogen-bond donors (Lipinski definition) is 0. The Hall–Kier alpha value is -1.10. The van der Waals surface area contributed by atoms with Crippen molar-refractivity contribution < 1.29 is 19.1 Å². The lowest BCUT2D eigenvalue weighted by Crippen LogP contribution is -2.44. The zero-order valence-electron chi connectivity index (χ0n) is 12.5. The molecule has 0 unspecified atom stereocenters. The van der Waals surface area contributed by atoms with Crippen LogP contribution in [0.15, 0.2) is 0 Å². The smallest absolute Gasteiger partial charge is 0.310 e. The fraction of sp³-hybridized carbons (Fsp3) is 0.867. The number of methoxy groups -OCH3 is 1. The number of esters is 1. The Kier molecular flexibility index (Phi) is 5.40. The average molecular weight is 283 g/mol. The summed E-state index contributed by atoms with van der Waals surface area (Å²) in [6.07, 6.45) is 4.64. The standard InChI is InChI=1S/C15H25NO4/c1-3-20-13-7-11(8-13)9-14(17)16-6-4-5-12(10-16)15(18)19-2/h11-13H,3-10H2,1-2H3/t11?,12-,13?/m0/s1. The highest BCUT2D eigenvalue weighted by Crippen LogP contribution is 2.33. The van der Waals surface area contributed by atoms with E-state index in [0.29, 0.717) is 25.0 Å². The number of amides is 1. The van der Waals surface area contributed by atoms with Gasteiger partial charge in [-0.2, -0.15) is 0 Å². The molecule has 2 aliphatic rings. The summed E-state index contributed by atoms with van der Waals surface area (Å²) in [4.78, 5) is 25.7. The Bertz CT molecular complexity index is 352. The van der Waals surface area contributed by atoms with Gasteiger partial charge in [0.25, 0.3) is 0 Å². The summed E-state index contributed by atoms with van der Waals surface area (Å²) in [6.45, 7) is 4.04. The first-order valence-electron chi connectivity index (χ1n) is 7.61. The molecule has 1 aliphatic heterocycles. The van der Waals surface area contributed by atoms with Crippen LogP contribution in [0, 0.1) is 11.8 Å². The van der Waals surface area contributed by atoms with Crippen LogP contribution in [0.2, 0.25) is 0 Å². The summed E-state index contributed by atoms with van der Waals surface area (Å²) < 4.78 is 10.3. The molecular weight excluding hydrogens is 258 g/mol. The van der Waals surface area contributed by atoms with Gasteiger partial charge in [0, 0.05) is 26.1 Å². The molecule has 114 valence electrons. The zero-order valence-corrected chi connectivity index (χ0v) is 12.5. The van der Waals surface area contributed by atoms with Crippen molar-refractivity contribution in [3.05, 3.63) is 0 Å². The molecule has 1 saturated heterocycles. The Labute approximate surface area is 120 Å². The van der Waals surface area contributed by atoms with E-state index >= 15 is 0 Å². The SMILES string of the molecule is CCOC1CC(CC(=O)N2CCC[C@H](C(=O)OC)C2)C1. The van der Waals surface area contributed by atoms with E-state index < -0.39 is 0 Å². The van der Waals surface area contributed by atoms with Crippen LogP contribution in [0.4, 0.5) is 0 Å². The Morgan fingerprint density at radius 3 is 2.70 bits per heavy atom. The van der Waals surface area contributed by atoms with Crippen LogP contribution in [-0.2, 0) is 19.1 Å². The second kappa shape index (κ2) is 7.07. The molecule has 5 heteroatoms. The highest BCUT2D eigenvalue weighted by molar-refractivity contribution is 5.78. The molecule has 0 radical (unpaired) electrons. The highest BCUT2D eigenvalue weighted by atomic mass is 16.5. The molecule has 2 fully saturated rings. The van der Waals surface area contributed by atoms with Crippen molar-refractivity contribution in [2.45, 2.75) is 45.1 Å². The van der Waals surface area contributed by atoms with Crippen molar-refractivity contribution >= 4 is 11.9 Å². The maximum atomic E-state index is 12.3. The summed E-state index contributed by atoms with van der Waals surface area (Å²) in [5.41, 5.74) is 0. The van der Waals surface area contributed by atoms with E-state index in [2.05, 4.69) is 0 Å². The second-order valence-corrected chi connectivity index (χ2v) is 5.82. The number of likely N-dealkylation sites (tertiary alicyclic amines) is 1. The van der Waals surface area contributed by atoms with E-state index in [1.54, 1.807) is 0 Å². The maximum absolute atomic E-state index is 12.3. The quantitative estimate of drug-likeness (QED) is 0.719. The number of piperidine rings is 1. The lowest BCUT2D eigenvalue weighted by atomic mass is 9.79. The van der Waals surface area contributed by atoms with Gasteiger partial charge in [0.15, 0.2) is 0 Å². The van der Waals surface area contributed by atoms with Crippen molar-refractivity contribution in [1.29, 1.82) is 0 Å². The lowest BCUT2D eigenvalue weighted by Gasteiger charge is -2.37. The third kappa shape index (κ3) is 3.72. The van der Waals surface area contributed by atoms with Crippen molar-refractivity contribution in [1.82, 2.24) is 4.90 Å². The molecule has 0 spiro atoms. The molecule has 2 rings (SSSR count). The number of ether oxygens (including phenoxy) is 2. The molecule has 0 aromatic rings. The monoisotopic (exact) mass is 283 g/mol. The minimum Gasteiger partial charge on any atom is -0.469 e. The van der Waals surface area contributed by atoms with Crippen LogP contribution >= 0.6 is 0 Å². The Morgan fingerprint density at radius 1 is 1.30 bits per heavy atom. The third-order valence-corrected chi connectivity index (χ3v) is 4.37. The molecule has 1 aliphatic carbocycles. The Balaban J connectivity index is 1.74. The van der Waals surface area contributed by atoms with Crippen molar-refractivity contribution in [2.24, 2.45) is 11.8 Å². The van der Waals surface area contributed by atoms with E-state index in [1.165, 1.54) is 7.11 Å². The van der Waals surface area contributed by atoms with Crippen molar-refractivity contribution in [3.8, 4) is 0 Å². The molecule has 1 heterocycles. The predicted molar refractivity (Wildman–Crippen MR) is 74.1 cm³/mol. The topological polar surface area (TPSA) is 55.8 Å². The molecule has 5 nitrogen and oxygen atoms in total. The molecule has 20 heavy (non-hydrogen) atoms. The average Bonchev–Trinajstić information content (AvgIpc) is 2.44. The fourth-order valence-corrected chi connectivity index (χ4v) is 3.15. The van der Waals surface area contributed by atoms with Crippen molar-refractivity contribution in [3.63, 3.8) is 0 Å². The first-order chi connectivity index (χ1) is 9.63. The van der Waals surface area contributed by atoms with E-state index in [1.807, 2.05) is 11.8 Å². The van der Waals surface area contributed by atoms with E-state index in [4.69, 9.17) is 9.47 Å². The van der Waals surface area contributed by atoms with Crippen molar-refractivity contribution in [2.75, 3.05) is 26.8 Å². The van der Waals surface area contributed by atoms with Crippen LogP contribution < -0.4 is 0 Å². The second-order valence-electron chi connectivity index (χ2n) is 5.82. The maximum Gasteiger partial charge on any atom is 0.310 e. The van der Waals surface area contributed by atoms with Gasteiger partial charge in [0.05, 0.1) is 19.1 Å². The molecule has 0 N–H and O–H groups in total. The van der Waals surface area contributed by atoms with Gasteiger partial charge in [-0.05, 0) is 38.5 Å². The highest BCUT2D eigenvalue weighted by Gasteiger charge is 2.34. The van der Waals surface area contributed by atoms with Crippen LogP contribution in [0.25, 0.3) is 0 Å². The number of nitrogens with zero attached hydrogens (tertiary/aromatic N) is 1. The Morgan fingerprint density at radius 2 is 2.05 bits per heavy atom. The predicted octanol–water partition coefficient (Wildman–Crippen LogP) is 1.60. The molecule has 1 amide bonds. The van der Waals surface area contributed by atoms with E-state index in [-0.39, 0.29) is 17.8 Å². The van der Waals surface area contributed by atoms with Gasteiger partial charge < -0.3 is 14.4 Å². The van der Waals surface area contributed by atoms with Gasteiger partial charge in [-0.25, -0.2) is 0 Å². The minimum absolute atomic E-state index is 0.143. The fourth-order valence-electron chi connectivity index (χ4n) is 3.15. The van der Waals surface area contributed by atoms with Gasteiger partial charge in [-0.3, -0.25) is 9.59 Å². The molecule has 0 aromatic carbocycles. The van der Waals surface area contributed by atoms with Crippen LogP contribution in [-0.4, -0.2) is 49.7 Å². The van der Waals surface area contributed by atoms with Gasteiger partial charge in [0.2, 0.25) is 5.91 Å². The zero-order chi connectivity index (χ0) is 14.5.